The fourth-order valence-electron chi connectivity index (χ4n) is 2.07. The van der Waals surface area contributed by atoms with Crippen LogP contribution >= 0.6 is 0 Å². The molecule has 0 aliphatic carbocycles. The van der Waals surface area contributed by atoms with E-state index in [4.69, 9.17) is 0 Å². The summed E-state index contributed by atoms with van der Waals surface area (Å²) in [6, 6.07) is 11.1. The van der Waals surface area contributed by atoms with Crippen molar-refractivity contribution >= 4 is 0 Å². The summed E-state index contributed by atoms with van der Waals surface area (Å²) in [5.41, 5.74) is 1.38. The maximum absolute atomic E-state index is 3.42. The fourth-order valence-corrected chi connectivity index (χ4v) is 2.07. The van der Waals surface area contributed by atoms with Gasteiger partial charge in [-0.3, -0.25) is 0 Å². The van der Waals surface area contributed by atoms with E-state index in [9.17, 15) is 0 Å². The van der Waals surface area contributed by atoms with Gasteiger partial charge in [0.05, 0.1) is 0 Å². The van der Waals surface area contributed by atoms with Gasteiger partial charge in [0.15, 0.2) is 0 Å². The Morgan fingerprint density at radius 1 is 1.18 bits per heavy atom. The number of rotatable bonds is 8. The minimum absolute atomic E-state index is 0.438. The van der Waals surface area contributed by atoms with Crippen LogP contribution < -0.4 is 5.32 Å². The number of nitrogens with zero attached hydrogens (tertiary/aromatic N) is 1. The number of likely N-dealkylation sites (N-methyl/N-ethyl adjacent to an activating group) is 2. The second kappa shape index (κ2) is 8.26. The van der Waals surface area contributed by atoms with E-state index < -0.39 is 0 Å². The summed E-state index contributed by atoms with van der Waals surface area (Å²) in [6.45, 7) is 7.92. The highest BCUT2D eigenvalue weighted by molar-refractivity contribution is 5.19. The third kappa shape index (κ3) is 4.88. The quantitative estimate of drug-likeness (QED) is 0.743. The van der Waals surface area contributed by atoms with Gasteiger partial charge in [-0.05, 0) is 32.1 Å². The highest BCUT2D eigenvalue weighted by Crippen LogP contribution is 2.13. The van der Waals surface area contributed by atoms with Crippen molar-refractivity contribution in [1.82, 2.24) is 10.2 Å². The summed E-state index contributed by atoms with van der Waals surface area (Å²) >= 11 is 0. The van der Waals surface area contributed by atoms with Crippen LogP contribution in [0.1, 0.15) is 38.3 Å². The Bertz CT molecular complexity index is 284. The van der Waals surface area contributed by atoms with Crippen LogP contribution in [-0.4, -0.2) is 31.6 Å². The van der Waals surface area contributed by atoms with E-state index in [0.29, 0.717) is 6.04 Å². The SMILES string of the molecule is CCCCN(CC)CC(NC)c1ccccc1. The van der Waals surface area contributed by atoms with Crippen LogP contribution in [0.3, 0.4) is 0 Å². The lowest BCUT2D eigenvalue weighted by atomic mass is 10.1. The molecule has 0 bridgehead atoms. The molecule has 1 unspecified atom stereocenters. The molecule has 0 amide bonds. The molecule has 2 heteroatoms. The van der Waals surface area contributed by atoms with Crippen molar-refractivity contribution in [3.8, 4) is 0 Å². The van der Waals surface area contributed by atoms with E-state index in [0.717, 1.165) is 13.1 Å². The van der Waals surface area contributed by atoms with Crippen LogP contribution in [0.4, 0.5) is 0 Å². The largest absolute Gasteiger partial charge is 0.312 e. The van der Waals surface area contributed by atoms with Gasteiger partial charge < -0.3 is 10.2 Å². The standard InChI is InChI=1S/C15H26N2/c1-4-6-12-17(5-2)13-15(16-3)14-10-8-7-9-11-14/h7-11,15-16H,4-6,12-13H2,1-3H3. The Balaban J connectivity index is 2.56. The molecule has 0 heterocycles. The second-order valence-electron chi connectivity index (χ2n) is 4.50. The molecule has 1 atom stereocenters. The fraction of sp³-hybridized carbons (Fsp3) is 0.600. The summed E-state index contributed by atoms with van der Waals surface area (Å²) in [5.74, 6) is 0. The molecule has 1 rings (SSSR count). The van der Waals surface area contributed by atoms with E-state index in [1.165, 1.54) is 24.9 Å². The first kappa shape index (κ1) is 14.2. The van der Waals surface area contributed by atoms with Gasteiger partial charge in [-0.1, -0.05) is 50.6 Å². The summed E-state index contributed by atoms with van der Waals surface area (Å²) in [5, 5.41) is 3.42. The molecule has 1 N–H and O–H groups in total. The Morgan fingerprint density at radius 3 is 2.41 bits per heavy atom. The molecule has 0 radical (unpaired) electrons. The normalized spacial score (nSPS) is 12.9. The van der Waals surface area contributed by atoms with Crippen molar-refractivity contribution in [3.05, 3.63) is 35.9 Å². The van der Waals surface area contributed by atoms with Gasteiger partial charge in [0.1, 0.15) is 0 Å². The summed E-state index contributed by atoms with van der Waals surface area (Å²) in [6.07, 6.45) is 2.56. The number of hydrogen-bond donors (Lipinski definition) is 1. The third-order valence-corrected chi connectivity index (χ3v) is 3.27. The van der Waals surface area contributed by atoms with Crippen LogP contribution in [-0.2, 0) is 0 Å². The predicted octanol–water partition coefficient (Wildman–Crippen LogP) is 3.07. The van der Waals surface area contributed by atoms with Gasteiger partial charge in [-0.15, -0.1) is 0 Å². The molecule has 0 aliphatic rings. The molecular weight excluding hydrogens is 208 g/mol. The van der Waals surface area contributed by atoms with E-state index in [-0.39, 0.29) is 0 Å². The van der Waals surface area contributed by atoms with Crippen molar-refractivity contribution < 1.29 is 0 Å². The molecule has 0 fully saturated rings. The minimum Gasteiger partial charge on any atom is -0.312 e. The zero-order valence-electron chi connectivity index (χ0n) is 11.4. The van der Waals surface area contributed by atoms with Gasteiger partial charge in [0.2, 0.25) is 0 Å². The zero-order chi connectivity index (χ0) is 12.5. The molecule has 0 aromatic heterocycles. The van der Waals surface area contributed by atoms with Crippen molar-refractivity contribution in [2.24, 2.45) is 0 Å². The lowest BCUT2D eigenvalue weighted by Crippen LogP contribution is -2.34. The maximum Gasteiger partial charge on any atom is 0.0446 e. The molecule has 0 saturated heterocycles. The summed E-state index contributed by atoms with van der Waals surface area (Å²) < 4.78 is 0. The topological polar surface area (TPSA) is 15.3 Å². The molecule has 1 aromatic rings. The van der Waals surface area contributed by atoms with Gasteiger partial charge in [-0.2, -0.15) is 0 Å². The van der Waals surface area contributed by atoms with Crippen LogP contribution in [0.2, 0.25) is 0 Å². The number of hydrogen-bond acceptors (Lipinski definition) is 2. The molecule has 2 nitrogen and oxygen atoms in total. The molecule has 1 aromatic carbocycles. The van der Waals surface area contributed by atoms with E-state index in [1.54, 1.807) is 0 Å². The van der Waals surface area contributed by atoms with Crippen LogP contribution in [0, 0.1) is 0 Å². The average molecular weight is 234 g/mol. The molecular formula is C15H26N2. The Hall–Kier alpha value is -0.860. The van der Waals surface area contributed by atoms with Crippen LogP contribution in [0.5, 0.6) is 0 Å². The average Bonchev–Trinajstić information content (AvgIpc) is 2.40. The summed E-state index contributed by atoms with van der Waals surface area (Å²) in [4.78, 5) is 2.53. The van der Waals surface area contributed by atoms with Crippen LogP contribution in [0.25, 0.3) is 0 Å². The minimum atomic E-state index is 0.438. The molecule has 0 spiro atoms. The van der Waals surface area contributed by atoms with Crippen molar-refractivity contribution in [1.29, 1.82) is 0 Å². The Kier molecular flexibility index (Phi) is 6.90. The molecule has 0 aliphatic heterocycles. The monoisotopic (exact) mass is 234 g/mol. The second-order valence-corrected chi connectivity index (χ2v) is 4.50. The van der Waals surface area contributed by atoms with E-state index >= 15 is 0 Å². The van der Waals surface area contributed by atoms with Gasteiger partial charge >= 0.3 is 0 Å². The summed E-state index contributed by atoms with van der Waals surface area (Å²) in [7, 11) is 2.05. The molecule has 96 valence electrons. The third-order valence-electron chi connectivity index (χ3n) is 3.27. The first-order valence-electron chi connectivity index (χ1n) is 6.76. The first-order chi connectivity index (χ1) is 8.31. The van der Waals surface area contributed by atoms with Crippen molar-refractivity contribution in [2.75, 3.05) is 26.7 Å². The number of nitrogens with one attached hydrogen (secondary N) is 1. The van der Waals surface area contributed by atoms with Crippen molar-refractivity contribution in [2.45, 2.75) is 32.7 Å². The maximum atomic E-state index is 3.42. The van der Waals surface area contributed by atoms with Gasteiger partial charge in [0.25, 0.3) is 0 Å². The zero-order valence-corrected chi connectivity index (χ0v) is 11.4. The number of benzene rings is 1. The van der Waals surface area contributed by atoms with Crippen molar-refractivity contribution in [3.63, 3.8) is 0 Å². The highest BCUT2D eigenvalue weighted by atomic mass is 15.1. The van der Waals surface area contributed by atoms with Gasteiger partial charge in [0, 0.05) is 12.6 Å². The van der Waals surface area contributed by atoms with E-state index in [1.807, 2.05) is 7.05 Å². The Labute approximate surface area is 106 Å². The lowest BCUT2D eigenvalue weighted by Gasteiger charge is -2.26. The van der Waals surface area contributed by atoms with Gasteiger partial charge in [-0.25, -0.2) is 0 Å². The predicted molar refractivity (Wildman–Crippen MR) is 75.3 cm³/mol. The molecule has 17 heavy (non-hydrogen) atoms. The molecule has 0 saturated carbocycles. The smallest absolute Gasteiger partial charge is 0.0446 e. The van der Waals surface area contributed by atoms with E-state index in [2.05, 4.69) is 54.4 Å². The lowest BCUT2D eigenvalue weighted by molar-refractivity contribution is 0.254. The Morgan fingerprint density at radius 2 is 1.88 bits per heavy atom. The van der Waals surface area contributed by atoms with Crippen LogP contribution in [0.15, 0.2) is 30.3 Å². The number of unbranched alkanes of at least 4 members (excludes halogenated alkanes) is 1. The highest BCUT2D eigenvalue weighted by Gasteiger charge is 2.12. The first-order valence-corrected chi connectivity index (χ1v) is 6.76.